The molecule has 1 aromatic heterocycles. The minimum atomic E-state index is -1.11. The van der Waals surface area contributed by atoms with Gasteiger partial charge in [-0.3, -0.25) is 0 Å². The second-order valence-electron chi connectivity index (χ2n) is 10.1. The summed E-state index contributed by atoms with van der Waals surface area (Å²) in [6.07, 6.45) is 12.0. The molecule has 1 aromatic rings. The normalized spacial score (nSPS) is 51.9. The molecule has 7 atom stereocenters. The molecule has 0 radical (unpaired) electrons. The van der Waals surface area contributed by atoms with Gasteiger partial charge in [0.05, 0.1) is 11.7 Å². The molecule has 0 amide bonds. The zero-order valence-corrected chi connectivity index (χ0v) is 16.4. The van der Waals surface area contributed by atoms with Gasteiger partial charge in [0, 0.05) is 17.8 Å². The maximum Gasteiger partial charge on any atom is 0.138 e. The predicted molar refractivity (Wildman–Crippen MR) is 102 cm³/mol. The highest BCUT2D eigenvalue weighted by atomic mass is 16.3. The number of aromatic amines is 1. The monoisotopic (exact) mass is 372 g/mol. The number of rotatable bonds is 1. The van der Waals surface area contributed by atoms with Crippen LogP contribution in [-0.4, -0.2) is 37.0 Å². The summed E-state index contributed by atoms with van der Waals surface area (Å²) in [4.78, 5) is 7.49. The third-order valence-electron chi connectivity index (χ3n) is 9.30. The number of allylic oxidation sites excluding steroid dienone is 1. The summed E-state index contributed by atoms with van der Waals surface area (Å²) in [5.41, 5.74) is -1.13. The van der Waals surface area contributed by atoms with Crippen LogP contribution in [0.15, 0.2) is 24.0 Å². The fraction of sp³-hybridized carbons (Fsp3) is 0.773. The lowest BCUT2D eigenvalue weighted by molar-refractivity contribution is -0.219. The van der Waals surface area contributed by atoms with Gasteiger partial charge in [-0.15, -0.1) is 0 Å². The van der Waals surface area contributed by atoms with Crippen LogP contribution in [0.3, 0.4) is 0 Å². The van der Waals surface area contributed by atoms with Crippen molar-refractivity contribution in [3.8, 4) is 0 Å². The second kappa shape index (κ2) is 5.46. The number of imidazole rings is 1. The minimum absolute atomic E-state index is 0.0740. The molecule has 2 unspecified atom stereocenters. The quantitative estimate of drug-likeness (QED) is 0.571. The van der Waals surface area contributed by atoms with E-state index in [-0.39, 0.29) is 17.4 Å². The third-order valence-corrected chi connectivity index (χ3v) is 9.30. The fourth-order valence-corrected chi connectivity index (χ4v) is 7.50. The van der Waals surface area contributed by atoms with Gasteiger partial charge in [0.2, 0.25) is 0 Å². The van der Waals surface area contributed by atoms with Gasteiger partial charge in [0.25, 0.3) is 0 Å². The van der Waals surface area contributed by atoms with Crippen molar-refractivity contribution in [2.45, 2.75) is 82.5 Å². The van der Waals surface area contributed by atoms with E-state index in [2.05, 4.69) is 29.9 Å². The predicted octanol–water partition coefficient (Wildman–Crippen LogP) is 3.04. The van der Waals surface area contributed by atoms with Crippen LogP contribution in [0.5, 0.6) is 0 Å². The minimum Gasteiger partial charge on any atom is -0.393 e. The molecule has 3 fully saturated rings. The zero-order chi connectivity index (χ0) is 19.1. The van der Waals surface area contributed by atoms with Gasteiger partial charge >= 0.3 is 0 Å². The lowest BCUT2D eigenvalue weighted by Crippen LogP contribution is -2.63. The van der Waals surface area contributed by atoms with E-state index >= 15 is 0 Å². The van der Waals surface area contributed by atoms with Crippen LogP contribution in [0.1, 0.15) is 71.0 Å². The van der Waals surface area contributed by atoms with Crippen molar-refractivity contribution in [2.24, 2.45) is 22.7 Å². The molecule has 4 aliphatic carbocycles. The van der Waals surface area contributed by atoms with E-state index < -0.39 is 16.6 Å². The molecule has 5 heteroatoms. The number of aliphatic hydroxyl groups is 3. The van der Waals surface area contributed by atoms with Crippen molar-refractivity contribution in [3.63, 3.8) is 0 Å². The van der Waals surface area contributed by atoms with Gasteiger partial charge in [-0.25, -0.2) is 4.98 Å². The van der Waals surface area contributed by atoms with Crippen molar-refractivity contribution in [2.75, 3.05) is 0 Å². The van der Waals surface area contributed by atoms with Gasteiger partial charge in [-0.1, -0.05) is 25.5 Å². The van der Waals surface area contributed by atoms with Gasteiger partial charge in [0.1, 0.15) is 11.4 Å². The lowest BCUT2D eigenvalue weighted by Gasteiger charge is -2.61. The Morgan fingerprint density at radius 3 is 2.63 bits per heavy atom. The maximum absolute atomic E-state index is 12.1. The van der Waals surface area contributed by atoms with E-state index in [1.165, 1.54) is 5.57 Å². The van der Waals surface area contributed by atoms with Crippen molar-refractivity contribution in [1.29, 1.82) is 0 Å². The van der Waals surface area contributed by atoms with E-state index in [4.69, 9.17) is 0 Å². The van der Waals surface area contributed by atoms with Gasteiger partial charge in [0.15, 0.2) is 0 Å². The van der Waals surface area contributed by atoms with E-state index in [1.54, 1.807) is 12.4 Å². The van der Waals surface area contributed by atoms with Crippen LogP contribution in [0.4, 0.5) is 0 Å². The third kappa shape index (κ3) is 2.03. The topological polar surface area (TPSA) is 89.4 Å². The summed E-state index contributed by atoms with van der Waals surface area (Å²) in [7, 11) is 0. The molecule has 4 aliphatic rings. The van der Waals surface area contributed by atoms with Gasteiger partial charge in [-0.2, -0.15) is 0 Å². The molecular weight excluding hydrogens is 340 g/mol. The first-order valence-corrected chi connectivity index (χ1v) is 10.6. The summed E-state index contributed by atoms with van der Waals surface area (Å²) in [5.74, 6) is 1.17. The molecule has 5 nitrogen and oxygen atoms in total. The highest BCUT2D eigenvalue weighted by Crippen LogP contribution is 2.70. The molecule has 3 saturated carbocycles. The Morgan fingerprint density at radius 2 is 1.89 bits per heavy atom. The fourth-order valence-electron chi connectivity index (χ4n) is 7.50. The van der Waals surface area contributed by atoms with Crippen LogP contribution in [0, 0.1) is 22.7 Å². The molecule has 4 N–H and O–H groups in total. The highest BCUT2D eigenvalue weighted by Gasteiger charge is 2.72. The van der Waals surface area contributed by atoms with Crippen LogP contribution < -0.4 is 0 Å². The van der Waals surface area contributed by atoms with Crippen molar-refractivity contribution in [1.82, 2.24) is 9.97 Å². The zero-order valence-electron chi connectivity index (χ0n) is 16.4. The Morgan fingerprint density at radius 1 is 1.07 bits per heavy atom. The number of hydrogen-bond acceptors (Lipinski definition) is 4. The Balaban J connectivity index is 1.56. The first kappa shape index (κ1) is 17.9. The van der Waals surface area contributed by atoms with Crippen LogP contribution in [0.2, 0.25) is 0 Å². The highest BCUT2D eigenvalue weighted by molar-refractivity contribution is 5.30. The number of nitrogens with zero attached hydrogens (tertiary/aromatic N) is 1. The molecule has 0 bridgehead atoms. The summed E-state index contributed by atoms with van der Waals surface area (Å²) >= 11 is 0. The van der Waals surface area contributed by atoms with Crippen LogP contribution in [0.25, 0.3) is 0 Å². The molecule has 0 aliphatic heterocycles. The summed E-state index contributed by atoms with van der Waals surface area (Å²) in [6, 6.07) is 0. The Labute approximate surface area is 160 Å². The van der Waals surface area contributed by atoms with Crippen molar-refractivity contribution >= 4 is 0 Å². The molecule has 27 heavy (non-hydrogen) atoms. The average molecular weight is 373 g/mol. The number of nitrogens with one attached hydrogen (secondary N) is 1. The number of aliphatic hydroxyl groups excluding tert-OH is 1. The maximum atomic E-state index is 12.1. The first-order valence-electron chi connectivity index (χ1n) is 10.6. The average Bonchev–Trinajstić information content (AvgIpc) is 3.24. The first-order chi connectivity index (χ1) is 12.7. The molecular formula is C22H32N2O3. The smallest absolute Gasteiger partial charge is 0.138 e. The van der Waals surface area contributed by atoms with E-state index in [9.17, 15) is 15.3 Å². The van der Waals surface area contributed by atoms with E-state index in [0.29, 0.717) is 24.6 Å². The molecule has 148 valence electrons. The number of fused-ring (bicyclic) bond motifs is 5. The second-order valence-corrected chi connectivity index (χ2v) is 10.1. The summed E-state index contributed by atoms with van der Waals surface area (Å²) < 4.78 is 0. The number of H-pyrrole nitrogens is 1. The van der Waals surface area contributed by atoms with Crippen LogP contribution in [-0.2, 0) is 5.60 Å². The Hall–Kier alpha value is -1.17. The van der Waals surface area contributed by atoms with E-state index in [0.717, 1.165) is 38.5 Å². The molecule has 5 rings (SSSR count). The summed E-state index contributed by atoms with van der Waals surface area (Å²) in [6.45, 7) is 4.42. The molecule has 0 spiro atoms. The van der Waals surface area contributed by atoms with Crippen molar-refractivity contribution in [3.05, 3.63) is 29.9 Å². The Kier molecular flexibility index (Phi) is 3.62. The summed E-state index contributed by atoms with van der Waals surface area (Å²) in [5, 5.41) is 33.9. The van der Waals surface area contributed by atoms with Gasteiger partial charge in [-0.05, 0) is 68.6 Å². The Bertz CT molecular complexity index is 777. The van der Waals surface area contributed by atoms with Crippen LogP contribution >= 0.6 is 0 Å². The standard InChI is InChI=1S/C22H32N2O3/c1-19-7-5-15(25)13-14(19)3-4-17-16(19)6-8-20(2)21(17,26)9-10-22(20,27)18-23-11-12-24-18/h3,11-12,15-17,25-27H,4-10,13H2,1-2H3,(H,23,24)/t15?,16-,17-,19+,20+,21-,22?/m1/s1. The largest absolute Gasteiger partial charge is 0.393 e. The molecule has 0 aromatic carbocycles. The lowest BCUT2D eigenvalue weighted by atomic mass is 9.45. The molecule has 0 saturated heterocycles. The number of hydrogen-bond donors (Lipinski definition) is 4. The SMILES string of the molecule is C[C@]12CCC(O)CC1=CC[C@@H]1[C@H]2CC[C@]2(C)C(O)(c3ncc[nH]3)CC[C@@]12O. The van der Waals surface area contributed by atoms with E-state index in [1.807, 2.05) is 0 Å². The van der Waals surface area contributed by atoms with Crippen molar-refractivity contribution < 1.29 is 15.3 Å². The number of aromatic nitrogens is 2. The van der Waals surface area contributed by atoms with Gasteiger partial charge < -0.3 is 20.3 Å². The molecule has 1 heterocycles.